The molecule has 1 rings (SSSR count). The minimum atomic E-state index is -4.49. The van der Waals surface area contributed by atoms with Gasteiger partial charge in [0.05, 0.1) is 14.2 Å². The average molecular weight is 269 g/mol. The fraction of sp³-hybridized carbons (Fsp3) is 0.455. The molecule has 0 aliphatic carbocycles. The zero-order valence-corrected chi connectivity index (χ0v) is 10.3. The van der Waals surface area contributed by atoms with Crippen molar-refractivity contribution in [2.75, 3.05) is 14.2 Å². The van der Waals surface area contributed by atoms with E-state index in [1.165, 1.54) is 26.4 Å². The number of aryl methyl sites for hydroxylation is 1. The summed E-state index contributed by atoms with van der Waals surface area (Å²) in [6.45, 7) is 1.54. The van der Waals surface area contributed by atoms with E-state index in [0.29, 0.717) is 11.3 Å². The quantitative estimate of drug-likeness (QED) is 0.775. The molecule has 0 aliphatic heterocycles. The number of ether oxygens (including phenoxy) is 2. The van der Waals surface area contributed by atoms with Crippen LogP contribution in [0.5, 0.6) is 11.5 Å². The predicted molar refractivity (Wildman–Crippen MR) is 58.9 cm³/mol. The maximum Gasteiger partial charge on any atom is 0.408 e. The summed E-state index contributed by atoms with van der Waals surface area (Å²) in [5.74, 6) is 0.600. The third kappa shape index (κ3) is 2.97. The second-order valence-electron chi connectivity index (χ2n) is 3.47. The lowest BCUT2D eigenvalue weighted by Gasteiger charge is -2.18. The molecule has 2 nitrogen and oxygen atoms in total. The molecule has 0 amide bonds. The highest BCUT2D eigenvalue weighted by Crippen LogP contribution is 2.42. The summed E-state index contributed by atoms with van der Waals surface area (Å²) in [7, 11) is 2.77. The van der Waals surface area contributed by atoms with Gasteiger partial charge in [-0.1, -0.05) is 0 Å². The number of hydrogen-bond donors (Lipinski definition) is 0. The largest absolute Gasteiger partial charge is 0.493 e. The molecule has 0 N–H and O–H groups in total. The van der Waals surface area contributed by atoms with Gasteiger partial charge < -0.3 is 9.47 Å². The van der Waals surface area contributed by atoms with Gasteiger partial charge in [-0.2, -0.15) is 13.2 Å². The van der Waals surface area contributed by atoms with E-state index in [4.69, 9.17) is 21.1 Å². The van der Waals surface area contributed by atoms with Crippen molar-refractivity contribution in [3.63, 3.8) is 0 Å². The van der Waals surface area contributed by atoms with Crippen LogP contribution in [0, 0.1) is 6.92 Å². The second-order valence-corrected chi connectivity index (χ2v) is 3.90. The molecule has 6 heteroatoms. The molecule has 0 saturated heterocycles. The fourth-order valence-electron chi connectivity index (χ4n) is 1.45. The Balaban J connectivity index is 3.26. The average Bonchev–Trinajstić information content (AvgIpc) is 2.26. The maximum atomic E-state index is 12.5. The van der Waals surface area contributed by atoms with E-state index in [0.717, 1.165) is 0 Å². The lowest BCUT2D eigenvalue weighted by molar-refractivity contribution is -0.131. The van der Waals surface area contributed by atoms with E-state index in [1.54, 1.807) is 6.92 Å². The molecule has 0 radical (unpaired) electrons. The molecule has 1 aromatic carbocycles. The summed E-state index contributed by atoms with van der Waals surface area (Å²) < 4.78 is 47.5. The van der Waals surface area contributed by atoms with Crippen LogP contribution < -0.4 is 9.47 Å². The first kappa shape index (κ1) is 14.0. The van der Waals surface area contributed by atoms with Crippen molar-refractivity contribution in [2.45, 2.75) is 18.5 Å². The van der Waals surface area contributed by atoms with Crippen LogP contribution in [0.1, 0.15) is 16.5 Å². The second kappa shape index (κ2) is 5.04. The van der Waals surface area contributed by atoms with Crippen LogP contribution in [0.4, 0.5) is 13.2 Å². The standard InChI is InChI=1S/C11H12ClF3O2/c1-6-4-8(16-2)9(17-3)5-7(6)10(12)11(13,14)15/h4-5,10H,1-3H3. The van der Waals surface area contributed by atoms with Gasteiger partial charge in [0.25, 0.3) is 0 Å². The number of methoxy groups -OCH3 is 2. The van der Waals surface area contributed by atoms with E-state index in [2.05, 4.69) is 0 Å². The molecular weight excluding hydrogens is 257 g/mol. The summed E-state index contributed by atoms with van der Waals surface area (Å²) in [6, 6.07) is 2.72. The SMILES string of the molecule is COc1cc(C)c(C(Cl)C(F)(F)F)cc1OC. The molecule has 0 saturated carbocycles. The minimum Gasteiger partial charge on any atom is -0.493 e. The lowest BCUT2D eigenvalue weighted by atomic mass is 10.0. The van der Waals surface area contributed by atoms with Crippen LogP contribution in [0.15, 0.2) is 12.1 Å². The Bertz CT molecular complexity index is 404. The molecular formula is C11H12ClF3O2. The zero-order valence-electron chi connectivity index (χ0n) is 9.56. The maximum absolute atomic E-state index is 12.5. The van der Waals surface area contributed by atoms with E-state index >= 15 is 0 Å². The summed E-state index contributed by atoms with van der Waals surface area (Å²) >= 11 is 5.39. The Morgan fingerprint density at radius 2 is 1.59 bits per heavy atom. The van der Waals surface area contributed by atoms with Gasteiger partial charge in [-0.05, 0) is 30.2 Å². The molecule has 0 spiro atoms. The molecule has 1 aromatic rings. The van der Waals surface area contributed by atoms with Crippen LogP contribution >= 0.6 is 11.6 Å². The van der Waals surface area contributed by atoms with Gasteiger partial charge in [-0.15, -0.1) is 11.6 Å². The molecule has 1 atom stereocenters. The first-order valence-corrected chi connectivity index (χ1v) is 5.18. The minimum absolute atomic E-state index is 0.0307. The molecule has 0 heterocycles. The molecule has 0 aliphatic rings. The zero-order chi connectivity index (χ0) is 13.2. The Morgan fingerprint density at radius 1 is 1.12 bits per heavy atom. The van der Waals surface area contributed by atoms with Crippen molar-refractivity contribution >= 4 is 11.6 Å². The van der Waals surface area contributed by atoms with E-state index in [9.17, 15) is 13.2 Å². The monoisotopic (exact) mass is 268 g/mol. The smallest absolute Gasteiger partial charge is 0.408 e. The van der Waals surface area contributed by atoms with Crippen molar-refractivity contribution < 1.29 is 22.6 Å². The molecule has 0 fully saturated rings. The number of hydrogen-bond acceptors (Lipinski definition) is 2. The van der Waals surface area contributed by atoms with Gasteiger partial charge >= 0.3 is 6.18 Å². The lowest BCUT2D eigenvalue weighted by Crippen LogP contribution is -2.16. The topological polar surface area (TPSA) is 18.5 Å². The Morgan fingerprint density at radius 3 is 2.00 bits per heavy atom. The van der Waals surface area contributed by atoms with Gasteiger partial charge in [-0.3, -0.25) is 0 Å². The summed E-state index contributed by atoms with van der Waals surface area (Å²) in [4.78, 5) is 0. The highest BCUT2D eigenvalue weighted by atomic mass is 35.5. The number of rotatable bonds is 3. The molecule has 1 unspecified atom stereocenters. The summed E-state index contributed by atoms with van der Waals surface area (Å²) in [5, 5.41) is -2.05. The van der Waals surface area contributed by atoms with Crippen molar-refractivity contribution in [2.24, 2.45) is 0 Å². The summed E-state index contributed by atoms with van der Waals surface area (Å²) in [5.41, 5.74) is 0.372. The van der Waals surface area contributed by atoms with Gasteiger partial charge in [0.2, 0.25) is 0 Å². The van der Waals surface area contributed by atoms with E-state index in [-0.39, 0.29) is 11.3 Å². The Kier molecular flexibility index (Phi) is 4.14. The van der Waals surface area contributed by atoms with E-state index < -0.39 is 11.6 Å². The van der Waals surface area contributed by atoms with Gasteiger partial charge in [0, 0.05) is 0 Å². The van der Waals surface area contributed by atoms with Crippen molar-refractivity contribution in [3.8, 4) is 11.5 Å². The molecule has 96 valence electrons. The van der Waals surface area contributed by atoms with Gasteiger partial charge in [0.15, 0.2) is 16.9 Å². The molecule has 17 heavy (non-hydrogen) atoms. The Labute approximate surface area is 102 Å². The highest BCUT2D eigenvalue weighted by molar-refractivity contribution is 6.21. The first-order chi connectivity index (χ1) is 7.81. The predicted octanol–water partition coefficient (Wildman–Crippen LogP) is 3.85. The van der Waals surface area contributed by atoms with Crippen molar-refractivity contribution in [3.05, 3.63) is 23.3 Å². The van der Waals surface area contributed by atoms with Crippen molar-refractivity contribution in [1.82, 2.24) is 0 Å². The van der Waals surface area contributed by atoms with Gasteiger partial charge in [0.1, 0.15) is 0 Å². The third-order valence-electron chi connectivity index (χ3n) is 2.33. The Hall–Kier alpha value is -1.10. The molecule has 0 bridgehead atoms. The number of alkyl halides is 4. The number of benzene rings is 1. The number of halogens is 4. The molecule has 0 aromatic heterocycles. The fourth-order valence-corrected chi connectivity index (χ4v) is 1.68. The van der Waals surface area contributed by atoms with Crippen LogP contribution in [-0.4, -0.2) is 20.4 Å². The highest BCUT2D eigenvalue weighted by Gasteiger charge is 2.40. The summed E-state index contributed by atoms with van der Waals surface area (Å²) in [6.07, 6.45) is -4.49. The van der Waals surface area contributed by atoms with Gasteiger partial charge in [-0.25, -0.2) is 0 Å². The van der Waals surface area contributed by atoms with Crippen molar-refractivity contribution in [1.29, 1.82) is 0 Å². The normalized spacial score (nSPS) is 13.4. The van der Waals surface area contributed by atoms with Crippen LogP contribution in [0.25, 0.3) is 0 Å². The first-order valence-electron chi connectivity index (χ1n) is 4.74. The van der Waals surface area contributed by atoms with Crippen LogP contribution in [0.2, 0.25) is 0 Å². The third-order valence-corrected chi connectivity index (χ3v) is 2.82. The van der Waals surface area contributed by atoms with E-state index in [1.807, 2.05) is 0 Å². The van der Waals surface area contributed by atoms with Crippen LogP contribution in [-0.2, 0) is 0 Å². The van der Waals surface area contributed by atoms with Crippen LogP contribution in [0.3, 0.4) is 0 Å².